The van der Waals surface area contributed by atoms with Crippen LogP contribution in [0.15, 0.2) is 0 Å². The molecule has 132 valence electrons. The molecule has 0 amide bonds. The van der Waals surface area contributed by atoms with Crippen LogP contribution in [0.4, 0.5) is 0 Å². The molecule has 23 heavy (non-hydrogen) atoms. The molecule has 0 aromatic carbocycles. The zero-order valence-electron chi connectivity index (χ0n) is 13.7. The average Bonchev–Trinajstić information content (AvgIpc) is 2.37. The van der Waals surface area contributed by atoms with Crippen molar-refractivity contribution in [1.29, 1.82) is 0 Å². The van der Waals surface area contributed by atoms with Crippen LogP contribution in [0.3, 0.4) is 0 Å². The van der Waals surface area contributed by atoms with Crippen LogP contribution in [-0.4, -0.2) is 44.5 Å². The summed E-state index contributed by atoms with van der Waals surface area (Å²) in [5.74, 6) is -0.611. The summed E-state index contributed by atoms with van der Waals surface area (Å²) in [4.78, 5) is 47.4. The number of carbonyl (C=O) groups excluding carboxylic acids is 1. The number of hydrogen-bond donors (Lipinski definition) is 0. The second-order valence-corrected chi connectivity index (χ2v) is 6.55. The Morgan fingerprint density at radius 2 is 1.65 bits per heavy atom. The highest BCUT2D eigenvalue weighted by Gasteiger charge is 2.52. The van der Waals surface area contributed by atoms with E-state index in [4.69, 9.17) is 9.68 Å². The highest BCUT2D eigenvalue weighted by atomic mass is 17.0. The first-order chi connectivity index (χ1) is 10.4. The third-order valence-electron chi connectivity index (χ3n) is 3.73. The molecule has 1 fully saturated rings. The van der Waals surface area contributed by atoms with Gasteiger partial charge in [0.2, 0.25) is 0 Å². The van der Waals surface area contributed by atoms with Crippen LogP contribution in [0.5, 0.6) is 0 Å². The van der Waals surface area contributed by atoms with Gasteiger partial charge < -0.3 is 14.5 Å². The molecule has 2 atom stereocenters. The van der Waals surface area contributed by atoms with Gasteiger partial charge in [0, 0.05) is 13.3 Å². The molecule has 1 rings (SSSR count). The lowest BCUT2D eigenvalue weighted by Crippen LogP contribution is -2.60. The van der Waals surface area contributed by atoms with E-state index in [9.17, 15) is 25.0 Å². The van der Waals surface area contributed by atoms with E-state index in [1.165, 1.54) is 12.0 Å². The zero-order chi connectivity index (χ0) is 18.0. The molecule has 0 bridgehead atoms. The van der Waals surface area contributed by atoms with Crippen molar-refractivity contribution in [3.8, 4) is 0 Å². The van der Waals surface area contributed by atoms with Crippen molar-refractivity contribution in [2.75, 3.05) is 0 Å². The van der Waals surface area contributed by atoms with Gasteiger partial charge >= 0.3 is 5.97 Å². The summed E-state index contributed by atoms with van der Waals surface area (Å²) in [6, 6.07) is 0. The molecule has 0 spiro atoms. The second kappa shape index (κ2) is 6.52. The van der Waals surface area contributed by atoms with Crippen LogP contribution >= 0.6 is 0 Å². The summed E-state index contributed by atoms with van der Waals surface area (Å²) >= 11 is 0. The molecule has 1 aliphatic heterocycles. The SMILES string of the molecule is CC(=O)ON1C(C)(C)CC(O[N+](=O)[O-])CC(O[N+](=O)[O-])C1(C)C. The van der Waals surface area contributed by atoms with Gasteiger partial charge in [-0.15, -0.1) is 25.3 Å². The van der Waals surface area contributed by atoms with Crippen molar-refractivity contribution in [1.82, 2.24) is 5.06 Å². The number of hydrogen-bond acceptors (Lipinski definition) is 9. The van der Waals surface area contributed by atoms with Gasteiger partial charge in [-0.05, 0) is 34.1 Å². The van der Waals surface area contributed by atoms with Crippen LogP contribution < -0.4 is 0 Å². The lowest BCUT2D eigenvalue weighted by molar-refractivity contribution is -0.780. The third kappa shape index (κ3) is 4.65. The van der Waals surface area contributed by atoms with Crippen LogP contribution in [0.2, 0.25) is 0 Å². The van der Waals surface area contributed by atoms with Gasteiger partial charge in [-0.3, -0.25) is 4.79 Å². The molecule has 1 aliphatic rings. The Hall–Kier alpha value is -2.17. The highest BCUT2D eigenvalue weighted by molar-refractivity contribution is 5.65. The molecule has 0 saturated carbocycles. The van der Waals surface area contributed by atoms with Crippen molar-refractivity contribution < 1.29 is 29.5 Å². The predicted molar refractivity (Wildman–Crippen MR) is 74.7 cm³/mol. The average molecular weight is 335 g/mol. The van der Waals surface area contributed by atoms with Crippen LogP contribution in [0, 0.1) is 20.2 Å². The maximum absolute atomic E-state index is 11.4. The Morgan fingerprint density at radius 1 is 1.13 bits per heavy atom. The van der Waals surface area contributed by atoms with E-state index < -0.39 is 39.4 Å². The summed E-state index contributed by atoms with van der Waals surface area (Å²) in [5.41, 5.74) is -1.98. The summed E-state index contributed by atoms with van der Waals surface area (Å²) < 4.78 is 0. The third-order valence-corrected chi connectivity index (χ3v) is 3.73. The fraction of sp³-hybridized carbons (Fsp3) is 0.917. The summed E-state index contributed by atoms with van der Waals surface area (Å²) in [6.45, 7) is 7.79. The van der Waals surface area contributed by atoms with Gasteiger partial charge in [-0.25, -0.2) is 0 Å². The summed E-state index contributed by atoms with van der Waals surface area (Å²) in [6.07, 6.45) is -2.02. The van der Waals surface area contributed by atoms with E-state index in [1.807, 2.05) is 0 Å². The molecule has 0 aliphatic carbocycles. The minimum Gasteiger partial charge on any atom is -0.367 e. The Bertz CT molecular complexity index is 493. The predicted octanol–water partition coefficient (Wildman–Crippen LogP) is 1.27. The standard InChI is InChI=1S/C12H21N3O8/c1-8(16)21-13-11(2,3)7-9(22-14(17)18)6-10(12(13,4)5)23-15(19)20/h9-10H,6-7H2,1-5H3. The van der Waals surface area contributed by atoms with Gasteiger partial charge in [0.1, 0.15) is 12.2 Å². The van der Waals surface area contributed by atoms with Crippen LogP contribution in [-0.2, 0) is 19.3 Å². The molecule has 11 heteroatoms. The zero-order valence-corrected chi connectivity index (χ0v) is 13.7. The molecule has 0 radical (unpaired) electrons. The largest absolute Gasteiger partial charge is 0.367 e. The lowest BCUT2D eigenvalue weighted by Gasteiger charge is -2.46. The molecule has 1 heterocycles. The number of carbonyl (C=O) groups is 1. The smallest absolute Gasteiger partial charge is 0.322 e. The van der Waals surface area contributed by atoms with Gasteiger partial charge in [0.05, 0.1) is 11.1 Å². The van der Waals surface area contributed by atoms with Crippen LogP contribution in [0.25, 0.3) is 0 Å². The number of hydroxylamine groups is 2. The Kier molecular flexibility index (Phi) is 5.35. The number of nitrogens with zero attached hydrogens (tertiary/aromatic N) is 3. The first kappa shape index (κ1) is 18.9. The molecule has 2 unspecified atom stereocenters. The van der Waals surface area contributed by atoms with Gasteiger partial charge in [-0.2, -0.15) is 0 Å². The van der Waals surface area contributed by atoms with Crippen molar-refractivity contribution in [2.24, 2.45) is 0 Å². The fourth-order valence-corrected chi connectivity index (χ4v) is 3.01. The maximum atomic E-state index is 11.4. The van der Waals surface area contributed by atoms with Crippen molar-refractivity contribution >= 4 is 5.97 Å². The second-order valence-electron chi connectivity index (χ2n) is 6.55. The van der Waals surface area contributed by atoms with E-state index in [0.717, 1.165) is 0 Å². The van der Waals surface area contributed by atoms with Crippen molar-refractivity contribution in [3.05, 3.63) is 20.2 Å². The maximum Gasteiger partial charge on any atom is 0.322 e. The molecule has 0 N–H and O–H groups in total. The molecular formula is C12H21N3O8. The Balaban J connectivity index is 3.26. The monoisotopic (exact) mass is 335 g/mol. The lowest BCUT2D eigenvalue weighted by atomic mass is 9.93. The number of rotatable bonds is 5. The molecule has 0 aromatic heterocycles. The first-order valence-corrected chi connectivity index (χ1v) is 6.97. The molecular weight excluding hydrogens is 314 g/mol. The quantitative estimate of drug-likeness (QED) is 0.537. The molecule has 1 saturated heterocycles. The van der Waals surface area contributed by atoms with E-state index in [2.05, 4.69) is 4.84 Å². The Morgan fingerprint density at radius 3 is 2.09 bits per heavy atom. The van der Waals surface area contributed by atoms with E-state index in [1.54, 1.807) is 27.7 Å². The first-order valence-electron chi connectivity index (χ1n) is 6.97. The normalized spacial score (nSPS) is 26.7. The van der Waals surface area contributed by atoms with E-state index in [0.29, 0.717) is 0 Å². The van der Waals surface area contributed by atoms with Crippen LogP contribution in [0.1, 0.15) is 47.5 Å². The van der Waals surface area contributed by atoms with Gasteiger partial charge in [-0.1, -0.05) is 0 Å². The topological polar surface area (TPSA) is 134 Å². The highest BCUT2D eigenvalue weighted by Crippen LogP contribution is 2.39. The Labute approximate surface area is 132 Å². The molecule has 11 nitrogen and oxygen atoms in total. The summed E-state index contributed by atoms with van der Waals surface area (Å²) in [7, 11) is 0. The van der Waals surface area contributed by atoms with E-state index in [-0.39, 0.29) is 12.8 Å². The van der Waals surface area contributed by atoms with Gasteiger partial charge in [0.25, 0.3) is 10.2 Å². The van der Waals surface area contributed by atoms with Crippen molar-refractivity contribution in [3.63, 3.8) is 0 Å². The van der Waals surface area contributed by atoms with E-state index >= 15 is 0 Å². The minimum atomic E-state index is -1.11. The molecule has 0 aromatic rings. The fourth-order valence-electron chi connectivity index (χ4n) is 3.01. The summed E-state index contributed by atoms with van der Waals surface area (Å²) in [5, 5.41) is 20.8. The van der Waals surface area contributed by atoms with Gasteiger partial charge in [0.15, 0.2) is 0 Å². The minimum absolute atomic E-state index is 0.101. The van der Waals surface area contributed by atoms with Crippen molar-refractivity contribution in [2.45, 2.75) is 70.7 Å².